The molecule has 1 aliphatic rings. The van der Waals surface area contributed by atoms with Gasteiger partial charge in [0.1, 0.15) is 18.3 Å². The first-order valence-electron chi connectivity index (χ1n) is 6.35. The van der Waals surface area contributed by atoms with Gasteiger partial charge in [0, 0.05) is 6.42 Å². The van der Waals surface area contributed by atoms with Crippen LogP contribution in [0.25, 0.3) is 0 Å². The van der Waals surface area contributed by atoms with Gasteiger partial charge in [0.05, 0.1) is 25.4 Å². The Hall–Kier alpha value is -1.07. The molecule has 21 heavy (non-hydrogen) atoms. The molecule has 1 aliphatic heterocycles. The molecule has 122 valence electrons. The zero-order valence-corrected chi connectivity index (χ0v) is 11.3. The standard InChI is InChI=1S/C12H21NO8/c1-2-3-20-12(11(18)19)4-6(15)8(13)10(21-12)9(17)7(16)5-14/h2,6-10,14-17H,1,3-5,13H2,(H,18,19)/t6-,7+,8+,9+,10+,12+/m0/s1. The Kier molecular flexibility index (Phi) is 6.23. The molecule has 9 heteroatoms. The molecule has 0 aromatic rings. The van der Waals surface area contributed by atoms with Crippen molar-refractivity contribution in [1.29, 1.82) is 0 Å². The van der Waals surface area contributed by atoms with Gasteiger partial charge < -0.3 is 40.7 Å². The third-order valence-corrected chi connectivity index (χ3v) is 3.31. The largest absolute Gasteiger partial charge is 0.477 e. The molecule has 1 fully saturated rings. The summed E-state index contributed by atoms with van der Waals surface area (Å²) >= 11 is 0. The molecule has 0 aliphatic carbocycles. The molecule has 0 spiro atoms. The molecule has 1 heterocycles. The highest BCUT2D eigenvalue weighted by atomic mass is 16.7. The van der Waals surface area contributed by atoms with Crippen LogP contribution in [0.15, 0.2) is 12.7 Å². The molecule has 0 bridgehead atoms. The SMILES string of the molecule is C=CCO[C@]1(C(=O)O)C[C@H](O)[C@@H](N)[C@H]([C@H](O)[C@H](O)CO)O1. The summed E-state index contributed by atoms with van der Waals surface area (Å²) in [6.45, 7) is 2.43. The van der Waals surface area contributed by atoms with Crippen LogP contribution in [0.1, 0.15) is 6.42 Å². The molecule has 0 aromatic heterocycles. The summed E-state index contributed by atoms with van der Waals surface area (Å²) in [6.07, 6.45) is -5.22. The molecule has 7 N–H and O–H groups in total. The van der Waals surface area contributed by atoms with Gasteiger partial charge in [0.15, 0.2) is 0 Å². The molecule has 0 radical (unpaired) electrons. The molecule has 1 saturated heterocycles. The van der Waals surface area contributed by atoms with Gasteiger partial charge >= 0.3 is 5.97 Å². The van der Waals surface area contributed by atoms with Crippen molar-refractivity contribution in [2.24, 2.45) is 5.73 Å². The van der Waals surface area contributed by atoms with Gasteiger partial charge in [0.25, 0.3) is 5.79 Å². The summed E-state index contributed by atoms with van der Waals surface area (Å²) in [5.74, 6) is -3.73. The first-order valence-corrected chi connectivity index (χ1v) is 6.35. The van der Waals surface area contributed by atoms with Gasteiger partial charge in [-0.25, -0.2) is 4.79 Å². The minimum Gasteiger partial charge on any atom is -0.477 e. The van der Waals surface area contributed by atoms with Crippen LogP contribution in [0.5, 0.6) is 0 Å². The van der Waals surface area contributed by atoms with E-state index in [2.05, 4.69) is 6.58 Å². The highest BCUT2D eigenvalue weighted by Crippen LogP contribution is 2.32. The van der Waals surface area contributed by atoms with Crippen LogP contribution < -0.4 is 5.73 Å². The van der Waals surface area contributed by atoms with Crippen molar-refractivity contribution < 1.29 is 39.8 Å². The smallest absolute Gasteiger partial charge is 0.364 e. The molecule has 1 rings (SSSR count). The van der Waals surface area contributed by atoms with Crippen molar-refractivity contribution in [3.05, 3.63) is 12.7 Å². The van der Waals surface area contributed by atoms with Crippen molar-refractivity contribution in [1.82, 2.24) is 0 Å². The summed E-state index contributed by atoms with van der Waals surface area (Å²) in [5, 5.41) is 47.4. The molecule has 0 aromatic carbocycles. The van der Waals surface area contributed by atoms with E-state index in [0.717, 1.165) is 0 Å². The normalized spacial score (nSPS) is 36.0. The average Bonchev–Trinajstić information content (AvgIpc) is 2.46. The van der Waals surface area contributed by atoms with Gasteiger partial charge in [-0.15, -0.1) is 6.58 Å². The van der Waals surface area contributed by atoms with Crippen molar-refractivity contribution in [2.45, 2.75) is 42.7 Å². The summed E-state index contributed by atoms with van der Waals surface area (Å²) in [7, 11) is 0. The molecule has 0 unspecified atom stereocenters. The number of aliphatic hydroxyl groups excluding tert-OH is 4. The quantitative estimate of drug-likeness (QED) is 0.272. The van der Waals surface area contributed by atoms with Gasteiger partial charge in [0.2, 0.25) is 0 Å². The summed E-state index contributed by atoms with van der Waals surface area (Å²) in [6, 6.07) is -1.15. The third-order valence-electron chi connectivity index (χ3n) is 3.31. The monoisotopic (exact) mass is 307 g/mol. The van der Waals surface area contributed by atoms with Gasteiger partial charge in [-0.3, -0.25) is 0 Å². The predicted octanol–water partition coefficient (Wildman–Crippen LogP) is -2.84. The third kappa shape index (κ3) is 3.77. The lowest BCUT2D eigenvalue weighted by Crippen LogP contribution is -2.66. The Labute approximate surface area is 121 Å². The number of aliphatic hydroxyl groups is 4. The Morgan fingerprint density at radius 3 is 2.67 bits per heavy atom. The topological polar surface area (TPSA) is 163 Å². The van der Waals surface area contributed by atoms with Crippen LogP contribution in [0.2, 0.25) is 0 Å². The Morgan fingerprint density at radius 2 is 2.19 bits per heavy atom. The number of nitrogens with two attached hydrogens (primary N) is 1. The molecule has 6 atom stereocenters. The highest BCUT2D eigenvalue weighted by molar-refractivity contribution is 5.76. The highest BCUT2D eigenvalue weighted by Gasteiger charge is 2.54. The Balaban J connectivity index is 3.03. The van der Waals surface area contributed by atoms with Crippen LogP contribution >= 0.6 is 0 Å². The molecule has 0 amide bonds. The van der Waals surface area contributed by atoms with Crippen molar-refractivity contribution in [3.8, 4) is 0 Å². The fraction of sp³-hybridized carbons (Fsp3) is 0.750. The number of aliphatic carboxylic acids is 1. The number of hydrogen-bond donors (Lipinski definition) is 6. The van der Waals surface area contributed by atoms with Crippen LogP contribution in [-0.2, 0) is 14.3 Å². The fourth-order valence-electron chi connectivity index (χ4n) is 2.09. The second kappa shape index (κ2) is 7.27. The van der Waals surface area contributed by atoms with E-state index in [1.807, 2.05) is 0 Å². The lowest BCUT2D eigenvalue weighted by molar-refractivity contribution is -0.306. The number of hydrogen-bond acceptors (Lipinski definition) is 8. The first-order chi connectivity index (χ1) is 9.79. The molecule has 0 saturated carbocycles. The number of carboxylic acid groups (broad SMARTS) is 1. The number of carbonyl (C=O) groups is 1. The van der Waals surface area contributed by atoms with Gasteiger partial charge in [-0.1, -0.05) is 6.08 Å². The van der Waals surface area contributed by atoms with E-state index in [0.29, 0.717) is 0 Å². The zero-order valence-electron chi connectivity index (χ0n) is 11.3. The van der Waals surface area contributed by atoms with Crippen molar-refractivity contribution >= 4 is 5.97 Å². The number of ether oxygens (including phenoxy) is 2. The average molecular weight is 307 g/mol. The second-order valence-corrected chi connectivity index (χ2v) is 4.83. The van der Waals surface area contributed by atoms with E-state index >= 15 is 0 Å². The van der Waals surface area contributed by atoms with E-state index in [9.17, 15) is 25.2 Å². The molecule has 9 nitrogen and oxygen atoms in total. The Morgan fingerprint density at radius 1 is 1.57 bits per heavy atom. The summed E-state index contributed by atoms with van der Waals surface area (Å²) < 4.78 is 10.3. The van der Waals surface area contributed by atoms with E-state index in [1.54, 1.807) is 0 Å². The Bertz CT molecular complexity index is 378. The lowest BCUT2D eigenvalue weighted by Gasteiger charge is -2.45. The van der Waals surface area contributed by atoms with Crippen molar-refractivity contribution in [2.75, 3.05) is 13.2 Å². The summed E-state index contributed by atoms with van der Waals surface area (Å²) in [4.78, 5) is 11.4. The van der Waals surface area contributed by atoms with Crippen LogP contribution in [0.3, 0.4) is 0 Å². The predicted molar refractivity (Wildman–Crippen MR) is 69.1 cm³/mol. The maximum atomic E-state index is 11.4. The van der Waals surface area contributed by atoms with E-state index in [-0.39, 0.29) is 6.61 Å². The van der Waals surface area contributed by atoms with Gasteiger partial charge in [-0.2, -0.15) is 0 Å². The van der Waals surface area contributed by atoms with Crippen LogP contribution in [0.4, 0.5) is 0 Å². The van der Waals surface area contributed by atoms with Crippen molar-refractivity contribution in [3.63, 3.8) is 0 Å². The van der Waals surface area contributed by atoms with Gasteiger partial charge in [-0.05, 0) is 0 Å². The summed E-state index contributed by atoms with van der Waals surface area (Å²) in [5.41, 5.74) is 5.67. The van der Waals surface area contributed by atoms with Crippen LogP contribution in [-0.4, -0.2) is 81.0 Å². The number of carboxylic acids is 1. The minimum atomic E-state index is -2.22. The number of rotatable bonds is 7. The molecular weight excluding hydrogens is 286 g/mol. The first kappa shape index (κ1) is 18.0. The minimum absolute atomic E-state index is 0.167. The van der Waals surface area contributed by atoms with E-state index < -0.39 is 55.2 Å². The second-order valence-electron chi connectivity index (χ2n) is 4.83. The lowest BCUT2D eigenvalue weighted by atomic mass is 9.89. The van der Waals surface area contributed by atoms with E-state index in [1.165, 1.54) is 6.08 Å². The maximum Gasteiger partial charge on any atom is 0.364 e. The zero-order chi connectivity index (χ0) is 16.2. The van der Waals surface area contributed by atoms with E-state index in [4.69, 9.17) is 20.3 Å². The maximum absolute atomic E-state index is 11.4. The fourth-order valence-corrected chi connectivity index (χ4v) is 2.09. The molecular formula is C12H21NO8. The van der Waals surface area contributed by atoms with Crippen LogP contribution in [0, 0.1) is 0 Å².